The molecule has 7 nitrogen and oxygen atoms in total. The molecule has 1 fully saturated rings. The number of allylic oxidation sites excluding steroid dienone is 1. The Balaban J connectivity index is 1.76. The van der Waals surface area contributed by atoms with E-state index < -0.39 is 12.6 Å². The molecule has 180 valence electrons. The zero-order valence-corrected chi connectivity index (χ0v) is 19.3. The van der Waals surface area contributed by atoms with Gasteiger partial charge in [0.2, 0.25) is 0 Å². The number of nitrogens with zero attached hydrogens (tertiary/aromatic N) is 5. The highest BCUT2D eigenvalue weighted by Crippen LogP contribution is 2.32. The number of fused-ring (bicyclic) bond motifs is 1. The van der Waals surface area contributed by atoms with Gasteiger partial charge in [0, 0.05) is 44.5 Å². The molecule has 0 radical (unpaired) electrons. The Bertz CT molecular complexity index is 1300. The average molecular weight is 473 g/mol. The first-order valence-electron chi connectivity index (χ1n) is 11.0. The molecule has 0 aliphatic carbocycles. The van der Waals surface area contributed by atoms with Crippen LogP contribution in [-0.2, 0) is 11.8 Å². The van der Waals surface area contributed by atoms with E-state index in [-0.39, 0.29) is 34.7 Å². The molecule has 1 atom stereocenters. The third kappa shape index (κ3) is 4.96. The van der Waals surface area contributed by atoms with Crippen molar-refractivity contribution in [1.82, 2.24) is 19.5 Å². The Labute approximate surface area is 194 Å². The summed E-state index contributed by atoms with van der Waals surface area (Å²) in [5, 5.41) is 0.179. The van der Waals surface area contributed by atoms with Gasteiger partial charge in [-0.15, -0.1) is 0 Å². The van der Waals surface area contributed by atoms with Gasteiger partial charge in [-0.25, -0.2) is 9.97 Å². The first-order valence-corrected chi connectivity index (χ1v) is 11.0. The van der Waals surface area contributed by atoms with Crippen molar-refractivity contribution in [3.05, 3.63) is 64.1 Å². The van der Waals surface area contributed by atoms with Crippen LogP contribution in [0.1, 0.15) is 41.7 Å². The maximum absolute atomic E-state index is 13.0. The predicted octanol–water partition coefficient (Wildman–Crippen LogP) is 4.27. The molecule has 0 amide bonds. The average Bonchev–Trinajstić information content (AvgIpc) is 2.80. The largest absolute Gasteiger partial charge is 0.389 e. The monoisotopic (exact) mass is 473 g/mol. The van der Waals surface area contributed by atoms with E-state index in [4.69, 9.17) is 4.74 Å². The number of anilines is 1. The van der Waals surface area contributed by atoms with E-state index in [1.54, 1.807) is 26.2 Å². The van der Waals surface area contributed by atoms with E-state index in [1.807, 2.05) is 24.0 Å². The number of aryl methyl sites for hydroxylation is 2. The summed E-state index contributed by atoms with van der Waals surface area (Å²) in [5.41, 5.74) is 2.19. The number of hydrogen-bond acceptors (Lipinski definition) is 6. The van der Waals surface area contributed by atoms with E-state index in [0.29, 0.717) is 36.9 Å². The molecular formula is C24H26F3N5O2. The van der Waals surface area contributed by atoms with Gasteiger partial charge in [0.1, 0.15) is 17.7 Å². The number of rotatable bonds is 5. The Morgan fingerprint density at radius 3 is 2.74 bits per heavy atom. The lowest BCUT2D eigenvalue weighted by Crippen LogP contribution is -2.39. The third-order valence-electron chi connectivity index (χ3n) is 6.00. The normalized spacial score (nSPS) is 16.8. The molecule has 1 aliphatic rings. The highest BCUT2D eigenvalue weighted by Gasteiger charge is 2.29. The maximum atomic E-state index is 13.0. The molecule has 0 spiro atoms. The third-order valence-corrected chi connectivity index (χ3v) is 6.00. The first kappa shape index (κ1) is 23.9. The Hall–Kier alpha value is -3.27. The molecular weight excluding hydrogens is 447 g/mol. The number of ether oxygens (including phenoxy) is 1. The van der Waals surface area contributed by atoms with E-state index in [1.165, 1.54) is 4.57 Å². The van der Waals surface area contributed by atoms with Crippen LogP contribution in [0.2, 0.25) is 0 Å². The van der Waals surface area contributed by atoms with Gasteiger partial charge < -0.3 is 9.64 Å². The zero-order chi connectivity index (χ0) is 24.6. The highest BCUT2D eigenvalue weighted by atomic mass is 19.4. The van der Waals surface area contributed by atoms with Gasteiger partial charge in [-0.1, -0.05) is 6.58 Å². The topological polar surface area (TPSA) is 73.1 Å². The van der Waals surface area contributed by atoms with Crippen LogP contribution in [0.15, 0.2) is 35.8 Å². The van der Waals surface area contributed by atoms with Crippen LogP contribution in [0, 0.1) is 13.8 Å². The Kier molecular flexibility index (Phi) is 6.44. The predicted molar refractivity (Wildman–Crippen MR) is 124 cm³/mol. The smallest absolute Gasteiger partial charge is 0.370 e. The quantitative estimate of drug-likeness (QED) is 0.551. The molecule has 0 bridgehead atoms. The van der Waals surface area contributed by atoms with Crippen molar-refractivity contribution >= 4 is 22.3 Å². The van der Waals surface area contributed by atoms with Gasteiger partial charge in [-0.05, 0) is 43.5 Å². The Morgan fingerprint density at radius 2 is 2.03 bits per heavy atom. The maximum Gasteiger partial charge on any atom is 0.389 e. The van der Waals surface area contributed by atoms with Crippen molar-refractivity contribution < 1.29 is 17.9 Å². The number of hydrogen-bond donors (Lipinski definition) is 0. The second-order valence-electron chi connectivity index (χ2n) is 8.50. The van der Waals surface area contributed by atoms with Crippen molar-refractivity contribution in [3.63, 3.8) is 0 Å². The zero-order valence-electron chi connectivity index (χ0n) is 19.3. The van der Waals surface area contributed by atoms with Crippen molar-refractivity contribution in [2.24, 2.45) is 7.05 Å². The summed E-state index contributed by atoms with van der Waals surface area (Å²) in [6.07, 6.45) is -4.22. The molecule has 0 saturated carbocycles. The number of halogens is 3. The van der Waals surface area contributed by atoms with E-state index in [0.717, 1.165) is 11.3 Å². The Morgan fingerprint density at radius 1 is 1.26 bits per heavy atom. The number of morpholine rings is 1. The summed E-state index contributed by atoms with van der Waals surface area (Å²) >= 11 is 0. The summed E-state index contributed by atoms with van der Waals surface area (Å²) in [7, 11) is 1.57. The van der Waals surface area contributed by atoms with Crippen LogP contribution in [0.4, 0.5) is 19.0 Å². The molecule has 4 rings (SSSR count). The molecule has 1 unspecified atom stereocenters. The van der Waals surface area contributed by atoms with Crippen LogP contribution in [0.25, 0.3) is 16.5 Å². The molecule has 10 heteroatoms. The lowest BCUT2D eigenvalue weighted by atomic mass is 10.0. The molecule has 0 N–H and O–H groups in total. The molecule has 3 aromatic heterocycles. The summed E-state index contributed by atoms with van der Waals surface area (Å²) in [6.45, 7) is 8.92. The van der Waals surface area contributed by atoms with Gasteiger partial charge in [-0.2, -0.15) is 13.2 Å². The van der Waals surface area contributed by atoms with Crippen molar-refractivity contribution in [2.75, 3.05) is 24.6 Å². The molecule has 34 heavy (non-hydrogen) atoms. The fourth-order valence-electron chi connectivity index (χ4n) is 4.04. The number of pyridine rings is 2. The second kappa shape index (κ2) is 9.17. The fourth-order valence-corrected chi connectivity index (χ4v) is 4.04. The molecule has 0 aromatic carbocycles. The molecule has 4 heterocycles. The van der Waals surface area contributed by atoms with Crippen LogP contribution < -0.4 is 10.5 Å². The minimum atomic E-state index is -4.34. The lowest BCUT2D eigenvalue weighted by Gasteiger charge is -2.34. The van der Waals surface area contributed by atoms with E-state index in [2.05, 4.69) is 21.5 Å². The number of aromatic nitrogens is 4. The second-order valence-corrected chi connectivity index (χ2v) is 8.50. The summed E-state index contributed by atoms with van der Waals surface area (Å²) in [5.74, 6) is 1.02. The number of alkyl halides is 3. The van der Waals surface area contributed by atoms with Gasteiger partial charge in [0.25, 0.3) is 5.56 Å². The van der Waals surface area contributed by atoms with Crippen molar-refractivity contribution in [2.45, 2.75) is 39.0 Å². The standard InChI is InChI=1S/C24H26F3N5O2/c1-14(5-7-24(25,26)27)22-21-18(29-16(3)31(4)23(21)33)12-20(30-22)32-9-10-34-19(13-32)17-6-8-28-15(2)11-17/h6,8,11-12,19H,1,5,7,9-10,13H2,2-4H3. The van der Waals surface area contributed by atoms with Gasteiger partial charge in [-0.3, -0.25) is 14.3 Å². The minimum absolute atomic E-state index is 0.154. The van der Waals surface area contributed by atoms with Gasteiger partial charge in [0.05, 0.1) is 23.2 Å². The minimum Gasteiger partial charge on any atom is -0.370 e. The summed E-state index contributed by atoms with van der Waals surface area (Å²) in [6, 6.07) is 5.57. The lowest BCUT2D eigenvalue weighted by molar-refractivity contribution is -0.133. The fraction of sp³-hybridized carbons (Fsp3) is 0.417. The summed E-state index contributed by atoms with van der Waals surface area (Å²) < 4.78 is 46.0. The van der Waals surface area contributed by atoms with Crippen LogP contribution in [0.3, 0.4) is 0 Å². The van der Waals surface area contributed by atoms with E-state index in [9.17, 15) is 18.0 Å². The highest BCUT2D eigenvalue weighted by molar-refractivity contribution is 5.90. The van der Waals surface area contributed by atoms with Crippen LogP contribution in [0.5, 0.6) is 0 Å². The summed E-state index contributed by atoms with van der Waals surface area (Å²) in [4.78, 5) is 28.4. The first-order chi connectivity index (χ1) is 16.0. The SMILES string of the molecule is C=C(CCC(F)(F)F)c1nc(N2CCOC(c3ccnc(C)c3)C2)cc2nc(C)n(C)c(=O)c12. The van der Waals surface area contributed by atoms with Crippen molar-refractivity contribution in [3.8, 4) is 0 Å². The van der Waals surface area contributed by atoms with Gasteiger partial charge >= 0.3 is 6.18 Å². The molecule has 3 aromatic rings. The van der Waals surface area contributed by atoms with Gasteiger partial charge in [0.15, 0.2) is 0 Å². The van der Waals surface area contributed by atoms with Crippen molar-refractivity contribution in [1.29, 1.82) is 0 Å². The van der Waals surface area contributed by atoms with Crippen LogP contribution >= 0.6 is 0 Å². The van der Waals surface area contributed by atoms with E-state index >= 15 is 0 Å². The van der Waals surface area contributed by atoms with Crippen LogP contribution in [-0.4, -0.2) is 45.4 Å². The molecule has 1 aliphatic heterocycles. The molecule has 1 saturated heterocycles.